The van der Waals surface area contributed by atoms with Crippen molar-refractivity contribution in [2.24, 2.45) is 0 Å². The lowest BCUT2D eigenvalue weighted by molar-refractivity contribution is -0.131. The zero-order valence-corrected chi connectivity index (χ0v) is 18.5. The van der Waals surface area contributed by atoms with Gasteiger partial charge < -0.3 is 10.6 Å². The van der Waals surface area contributed by atoms with Crippen LogP contribution >= 0.6 is 0 Å². The van der Waals surface area contributed by atoms with E-state index in [1.807, 2.05) is 38.1 Å². The van der Waals surface area contributed by atoms with Crippen molar-refractivity contribution >= 4 is 29.4 Å². The molecule has 2 atom stereocenters. The van der Waals surface area contributed by atoms with Crippen LogP contribution in [-0.4, -0.2) is 41.4 Å². The van der Waals surface area contributed by atoms with Crippen molar-refractivity contribution in [3.05, 3.63) is 29.8 Å². The van der Waals surface area contributed by atoms with Gasteiger partial charge in [0.15, 0.2) is 0 Å². The fourth-order valence-electron chi connectivity index (χ4n) is 4.27. The van der Waals surface area contributed by atoms with Gasteiger partial charge in [0.05, 0.1) is 6.42 Å². The molecule has 2 fully saturated rings. The molecule has 31 heavy (non-hydrogen) atoms. The van der Waals surface area contributed by atoms with Crippen molar-refractivity contribution in [3.8, 4) is 0 Å². The maximum Gasteiger partial charge on any atom is 0.322 e. The number of imide groups is 1. The molecule has 1 aromatic rings. The van der Waals surface area contributed by atoms with E-state index in [1.165, 1.54) is 11.3 Å². The number of anilines is 1. The number of hydrogen-bond acceptors (Lipinski definition) is 4. The summed E-state index contributed by atoms with van der Waals surface area (Å²) in [6.45, 7) is 5.58. The molecule has 0 bridgehead atoms. The highest BCUT2D eigenvalue weighted by molar-refractivity contribution is 6.09. The van der Waals surface area contributed by atoms with E-state index < -0.39 is 29.4 Å². The Morgan fingerprint density at radius 2 is 1.77 bits per heavy atom. The molecule has 2 aliphatic rings. The van der Waals surface area contributed by atoms with Crippen LogP contribution in [0.25, 0.3) is 0 Å². The number of nitrogens with one attached hydrogen (secondary N) is 3. The molecule has 5 amide bonds. The van der Waals surface area contributed by atoms with E-state index in [2.05, 4.69) is 16.0 Å². The Hall–Kier alpha value is -2.90. The van der Waals surface area contributed by atoms with Gasteiger partial charge in [-0.15, -0.1) is 0 Å². The average Bonchev–Trinajstić information content (AvgIpc) is 3.06. The molecule has 8 heteroatoms. The maximum absolute atomic E-state index is 13.5. The lowest BCUT2D eigenvalue weighted by Gasteiger charge is -2.41. The molecule has 0 aromatic heterocycles. The van der Waals surface area contributed by atoms with Gasteiger partial charge in [0.2, 0.25) is 11.8 Å². The van der Waals surface area contributed by atoms with Crippen molar-refractivity contribution in [2.45, 2.75) is 83.3 Å². The van der Waals surface area contributed by atoms with Crippen LogP contribution in [0.1, 0.15) is 64.4 Å². The molecular formula is C23H32N4O4. The van der Waals surface area contributed by atoms with Gasteiger partial charge in [0.1, 0.15) is 11.6 Å². The number of benzene rings is 1. The third kappa shape index (κ3) is 5.06. The first-order chi connectivity index (χ1) is 14.7. The zero-order valence-electron chi connectivity index (χ0n) is 18.5. The molecule has 0 spiro atoms. The lowest BCUT2D eigenvalue weighted by atomic mass is 9.90. The van der Waals surface area contributed by atoms with Crippen molar-refractivity contribution in [2.75, 3.05) is 4.90 Å². The van der Waals surface area contributed by atoms with Crippen LogP contribution in [0.5, 0.6) is 0 Å². The molecule has 168 valence electrons. The molecule has 3 N–H and O–H groups in total. The first-order valence-corrected chi connectivity index (χ1v) is 11.1. The number of rotatable bonds is 7. The number of urea groups is 1. The highest BCUT2D eigenvalue weighted by atomic mass is 16.2. The summed E-state index contributed by atoms with van der Waals surface area (Å²) in [5.74, 6) is -1.13. The highest BCUT2D eigenvalue weighted by Crippen LogP contribution is 2.30. The second kappa shape index (κ2) is 9.49. The summed E-state index contributed by atoms with van der Waals surface area (Å²) in [7, 11) is 0. The van der Waals surface area contributed by atoms with Gasteiger partial charge in [0, 0.05) is 11.7 Å². The Morgan fingerprint density at radius 1 is 1.13 bits per heavy atom. The number of aryl methyl sites for hydroxylation is 1. The van der Waals surface area contributed by atoms with Gasteiger partial charge in [0.25, 0.3) is 5.91 Å². The monoisotopic (exact) mass is 428 g/mol. The number of amides is 5. The molecule has 1 aliphatic heterocycles. The summed E-state index contributed by atoms with van der Waals surface area (Å²) in [6, 6.07) is 5.93. The minimum Gasteiger partial charge on any atom is -0.351 e. The first-order valence-electron chi connectivity index (χ1n) is 11.1. The van der Waals surface area contributed by atoms with E-state index in [4.69, 9.17) is 0 Å². The van der Waals surface area contributed by atoms with E-state index in [0.717, 1.165) is 31.2 Å². The predicted octanol–water partition coefficient (Wildman–Crippen LogP) is 2.54. The topological polar surface area (TPSA) is 108 Å². The Balaban J connectivity index is 1.89. The SMILES string of the molecule is CC[C@@](C)(C(=O)NC1CCCCC1)N(C(=O)C[C@H]1NC(=O)NC1=O)c1ccc(C)cc1. The van der Waals surface area contributed by atoms with Gasteiger partial charge in [-0.3, -0.25) is 24.6 Å². The van der Waals surface area contributed by atoms with E-state index in [1.54, 1.807) is 6.92 Å². The Bertz CT molecular complexity index is 848. The molecule has 1 saturated heterocycles. The molecule has 3 rings (SSSR count). The van der Waals surface area contributed by atoms with Crippen LogP contribution in [0.15, 0.2) is 24.3 Å². The van der Waals surface area contributed by atoms with Gasteiger partial charge in [-0.05, 0) is 45.2 Å². The summed E-state index contributed by atoms with van der Waals surface area (Å²) in [5.41, 5.74) is 0.481. The number of carbonyl (C=O) groups is 4. The normalized spacial score (nSPS) is 21.1. The molecule has 1 saturated carbocycles. The number of hydrogen-bond donors (Lipinski definition) is 3. The molecule has 8 nitrogen and oxygen atoms in total. The summed E-state index contributed by atoms with van der Waals surface area (Å²) >= 11 is 0. The van der Waals surface area contributed by atoms with Crippen molar-refractivity contribution in [1.82, 2.24) is 16.0 Å². The second-order valence-corrected chi connectivity index (χ2v) is 8.72. The van der Waals surface area contributed by atoms with Crippen LogP contribution in [0.3, 0.4) is 0 Å². The Labute approximate surface area is 183 Å². The lowest BCUT2D eigenvalue weighted by Crippen LogP contribution is -2.61. The predicted molar refractivity (Wildman–Crippen MR) is 117 cm³/mol. The fraction of sp³-hybridized carbons (Fsp3) is 0.565. The third-order valence-electron chi connectivity index (χ3n) is 6.39. The van der Waals surface area contributed by atoms with Crippen LogP contribution in [0.4, 0.5) is 10.5 Å². The summed E-state index contributed by atoms with van der Waals surface area (Å²) in [5, 5.41) is 7.77. The molecular weight excluding hydrogens is 396 g/mol. The smallest absolute Gasteiger partial charge is 0.322 e. The second-order valence-electron chi connectivity index (χ2n) is 8.72. The van der Waals surface area contributed by atoms with Crippen molar-refractivity contribution < 1.29 is 19.2 Å². The minimum absolute atomic E-state index is 0.113. The Morgan fingerprint density at radius 3 is 2.32 bits per heavy atom. The van der Waals surface area contributed by atoms with Crippen LogP contribution in [0.2, 0.25) is 0 Å². The van der Waals surface area contributed by atoms with Crippen LogP contribution < -0.4 is 20.9 Å². The molecule has 1 heterocycles. The van der Waals surface area contributed by atoms with E-state index in [9.17, 15) is 19.2 Å². The average molecular weight is 429 g/mol. The minimum atomic E-state index is -1.14. The van der Waals surface area contributed by atoms with E-state index >= 15 is 0 Å². The number of carbonyl (C=O) groups excluding carboxylic acids is 4. The van der Waals surface area contributed by atoms with Gasteiger partial charge >= 0.3 is 6.03 Å². The third-order valence-corrected chi connectivity index (χ3v) is 6.39. The largest absolute Gasteiger partial charge is 0.351 e. The van der Waals surface area contributed by atoms with Crippen molar-refractivity contribution in [3.63, 3.8) is 0 Å². The van der Waals surface area contributed by atoms with E-state index in [-0.39, 0.29) is 18.4 Å². The Kier molecular flexibility index (Phi) is 6.97. The summed E-state index contributed by atoms with van der Waals surface area (Å²) in [4.78, 5) is 51.9. The van der Waals surface area contributed by atoms with Crippen LogP contribution in [0, 0.1) is 6.92 Å². The molecule has 1 aromatic carbocycles. The molecule has 0 unspecified atom stereocenters. The van der Waals surface area contributed by atoms with Gasteiger partial charge in [-0.1, -0.05) is 43.9 Å². The van der Waals surface area contributed by atoms with E-state index in [0.29, 0.717) is 12.1 Å². The standard InChI is InChI=1S/C23H32N4O4/c1-4-23(3,21(30)24-16-8-6-5-7-9-16)27(17-12-10-15(2)11-13-17)19(28)14-18-20(29)26-22(31)25-18/h10-13,16,18H,4-9,14H2,1-3H3,(H,24,30)(H2,25,26,29,31)/t18-,23+/m1/s1. The van der Waals surface area contributed by atoms with Gasteiger partial charge in [-0.2, -0.15) is 0 Å². The fourth-order valence-corrected chi connectivity index (χ4v) is 4.27. The quantitative estimate of drug-likeness (QED) is 0.580. The highest BCUT2D eigenvalue weighted by Gasteiger charge is 2.44. The summed E-state index contributed by atoms with van der Waals surface area (Å²) < 4.78 is 0. The maximum atomic E-state index is 13.5. The number of nitrogens with zero attached hydrogens (tertiary/aromatic N) is 1. The van der Waals surface area contributed by atoms with Crippen LogP contribution in [-0.2, 0) is 14.4 Å². The molecule has 1 aliphatic carbocycles. The summed E-state index contributed by atoms with van der Waals surface area (Å²) in [6.07, 6.45) is 5.42. The van der Waals surface area contributed by atoms with Gasteiger partial charge in [-0.25, -0.2) is 4.79 Å². The first kappa shape index (κ1) is 22.8. The molecule has 0 radical (unpaired) electrons. The van der Waals surface area contributed by atoms with Crippen molar-refractivity contribution in [1.29, 1.82) is 0 Å². The zero-order chi connectivity index (χ0) is 22.6.